The molecule has 8 heteroatoms. The summed E-state index contributed by atoms with van der Waals surface area (Å²) in [5.74, 6) is 0.0201. The Kier molecular flexibility index (Phi) is 4.63. The molecule has 1 aromatic carbocycles. The Morgan fingerprint density at radius 3 is 2.76 bits per heavy atom. The molecule has 2 amide bonds. The lowest BCUT2D eigenvalue weighted by Gasteiger charge is -2.18. The molecule has 0 radical (unpaired) electrons. The predicted octanol–water partition coefficient (Wildman–Crippen LogP) is 3.20. The number of hydrogen-bond donors (Lipinski definition) is 2. The van der Waals surface area contributed by atoms with Gasteiger partial charge in [0.25, 0.3) is 0 Å². The van der Waals surface area contributed by atoms with Crippen LogP contribution in [0.5, 0.6) is 0 Å². The summed E-state index contributed by atoms with van der Waals surface area (Å²) in [5.41, 5.74) is -0.958. The first kappa shape index (κ1) is 15.9. The molecule has 0 spiro atoms. The van der Waals surface area contributed by atoms with E-state index in [1.165, 1.54) is 11.0 Å². The second-order valence-corrected chi connectivity index (χ2v) is 5.31. The second kappa shape index (κ2) is 6.11. The highest BCUT2D eigenvalue weighted by Crippen LogP contribution is 2.36. The second-order valence-electron chi connectivity index (χ2n) is 4.91. The van der Waals surface area contributed by atoms with Gasteiger partial charge in [0.05, 0.1) is 10.6 Å². The highest BCUT2D eigenvalue weighted by molar-refractivity contribution is 6.31. The van der Waals surface area contributed by atoms with E-state index in [1.54, 1.807) is 0 Å². The van der Waals surface area contributed by atoms with Crippen LogP contribution in [0, 0.1) is 5.92 Å². The highest BCUT2D eigenvalue weighted by Gasteiger charge is 2.33. The fourth-order valence-corrected chi connectivity index (χ4v) is 2.41. The molecule has 1 fully saturated rings. The molecule has 1 aliphatic rings. The van der Waals surface area contributed by atoms with Gasteiger partial charge >= 0.3 is 12.2 Å². The molecule has 1 aliphatic heterocycles. The standard InChI is InChI=1S/C13H14ClF3N2O2/c14-11-2-1-9(5-10(11)13(15,16)17)18-12(21)19-4-3-8(6-19)7-20/h1-2,5,8,20H,3-4,6-7H2,(H,18,21). The minimum atomic E-state index is -4.58. The van der Waals surface area contributed by atoms with Crippen molar-refractivity contribution < 1.29 is 23.1 Å². The zero-order valence-electron chi connectivity index (χ0n) is 11.0. The van der Waals surface area contributed by atoms with E-state index in [0.29, 0.717) is 19.5 Å². The fraction of sp³-hybridized carbons (Fsp3) is 0.462. The van der Waals surface area contributed by atoms with Crippen molar-refractivity contribution in [1.29, 1.82) is 0 Å². The molecular weight excluding hydrogens is 309 g/mol. The van der Waals surface area contributed by atoms with Gasteiger partial charge < -0.3 is 15.3 Å². The molecular formula is C13H14ClF3N2O2. The van der Waals surface area contributed by atoms with Gasteiger partial charge in [0, 0.05) is 31.3 Å². The minimum absolute atomic E-state index is 0.0110. The van der Waals surface area contributed by atoms with Gasteiger partial charge in [0.1, 0.15) is 0 Å². The van der Waals surface area contributed by atoms with Crippen molar-refractivity contribution in [3.05, 3.63) is 28.8 Å². The van der Waals surface area contributed by atoms with E-state index >= 15 is 0 Å². The van der Waals surface area contributed by atoms with E-state index < -0.39 is 22.8 Å². The van der Waals surface area contributed by atoms with Crippen LogP contribution in [0.1, 0.15) is 12.0 Å². The molecule has 0 aromatic heterocycles. The fourth-order valence-electron chi connectivity index (χ4n) is 2.19. The summed E-state index contributed by atoms with van der Waals surface area (Å²) in [4.78, 5) is 13.4. The number of urea groups is 1. The molecule has 4 nitrogen and oxygen atoms in total. The van der Waals surface area contributed by atoms with Gasteiger partial charge in [-0.2, -0.15) is 13.2 Å². The van der Waals surface area contributed by atoms with Crippen molar-refractivity contribution in [3.63, 3.8) is 0 Å². The maximum Gasteiger partial charge on any atom is 0.417 e. The van der Waals surface area contributed by atoms with Crippen LogP contribution in [0.4, 0.5) is 23.7 Å². The maximum atomic E-state index is 12.7. The van der Waals surface area contributed by atoms with E-state index in [4.69, 9.17) is 16.7 Å². The average Bonchev–Trinajstić information content (AvgIpc) is 2.88. The Morgan fingerprint density at radius 1 is 1.48 bits per heavy atom. The normalized spacial score (nSPS) is 18.9. The van der Waals surface area contributed by atoms with Crippen LogP contribution in [-0.2, 0) is 6.18 Å². The Bertz CT molecular complexity index is 537. The predicted molar refractivity (Wildman–Crippen MR) is 72.2 cm³/mol. The van der Waals surface area contributed by atoms with Crippen LogP contribution in [0.15, 0.2) is 18.2 Å². The van der Waals surface area contributed by atoms with E-state index in [2.05, 4.69) is 5.32 Å². The first-order valence-corrected chi connectivity index (χ1v) is 6.72. The van der Waals surface area contributed by atoms with E-state index in [0.717, 1.165) is 12.1 Å². The third-order valence-electron chi connectivity index (χ3n) is 3.35. The van der Waals surface area contributed by atoms with E-state index in [9.17, 15) is 18.0 Å². The summed E-state index contributed by atoms with van der Waals surface area (Å²) in [6.07, 6.45) is -3.90. The largest absolute Gasteiger partial charge is 0.417 e. The Labute approximate surface area is 124 Å². The Balaban J connectivity index is 2.08. The number of halogens is 4. The molecule has 1 aromatic rings. The third kappa shape index (κ3) is 3.79. The van der Waals surface area contributed by atoms with Crippen LogP contribution < -0.4 is 5.32 Å². The van der Waals surface area contributed by atoms with E-state index in [-0.39, 0.29) is 18.2 Å². The van der Waals surface area contributed by atoms with Crippen LogP contribution in [0.2, 0.25) is 5.02 Å². The summed E-state index contributed by atoms with van der Waals surface area (Å²) >= 11 is 5.51. The van der Waals surface area contributed by atoms with Gasteiger partial charge in [-0.05, 0) is 24.6 Å². The molecule has 1 unspecified atom stereocenters. The number of likely N-dealkylation sites (tertiary alicyclic amines) is 1. The quantitative estimate of drug-likeness (QED) is 0.878. The molecule has 116 valence electrons. The van der Waals surface area contributed by atoms with E-state index in [1.807, 2.05) is 0 Å². The first-order chi connectivity index (χ1) is 9.81. The number of nitrogens with one attached hydrogen (secondary N) is 1. The number of amides is 2. The van der Waals surface area contributed by atoms with Crippen molar-refractivity contribution in [2.45, 2.75) is 12.6 Å². The van der Waals surface area contributed by atoms with Gasteiger partial charge in [-0.1, -0.05) is 11.6 Å². The van der Waals surface area contributed by atoms with Gasteiger partial charge in [-0.25, -0.2) is 4.79 Å². The summed E-state index contributed by atoms with van der Waals surface area (Å²) in [5, 5.41) is 11.0. The van der Waals surface area contributed by atoms with Gasteiger partial charge in [0.15, 0.2) is 0 Å². The van der Waals surface area contributed by atoms with Crippen molar-refractivity contribution in [3.8, 4) is 0 Å². The number of rotatable bonds is 2. The average molecular weight is 323 g/mol. The molecule has 21 heavy (non-hydrogen) atoms. The van der Waals surface area contributed by atoms with Crippen molar-refractivity contribution in [1.82, 2.24) is 4.90 Å². The highest BCUT2D eigenvalue weighted by atomic mass is 35.5. The number of benzene rings is 1. The molecule has 2 rings (SSSR count). The third-order valence-corrected chi connectivity index (χ3v) is 3.68. The SMILES string of the molecule is O=C(Nc1ccc(Cl)c(C(F)(F)F)c1)N1CCC(CO)C1. The van der Waals surface area contributed by atoms with Gasteiger partial charge in [-0.3, -0.25) is 0 Å². The monoisotopic (exact) mass is 322 g/mol. The maximum absolute atomic E-state index is 12.7. The van der Waals surface area contributed by atoms with Crippen LogP contribution >= 0.6 is 11.6 Å². The lowest BCUT2D eigenvalue weighted by Crippen LogP contribution is -2.33. The molecule has 2 N–H and O–H groups in total. The summed E-state index contributed by atoms with van der Waals surface area (Å²) in [7, 11) is 0. The molecule has 1 heterocycles. The Hall–Kier alpha value is -1.47. The van der Waals surface area contributed by atoms with Crippen LogP contribution in [-0.4, -0.2) is 35.7 Å². The number of aliphatic hydroxyl groups is 1. The Morgan fingerprint density at radius 2 is 2.19 bits per heavy atom. The van der Waals surface area contributed by atoms with Crippen molar-refractivity contribution in [2.24, 2.45) is 5.92 Å². The zero-order valence-corrected chi connectivity index (χ0v) is 11.7. The molecule has 0 aliphatic carbocycles. The number of alkyl halides is 3. The van der Waals surface area contributed by atoms with Gasteiger partial charge in [-0.15, -0.1) is 0 Å². The summed E-state index contributed by atoms with van der Waals surface area (Å²) in [6.45, 7) is 0.849. The summed E-state index contributed by atoms with van der Waals surface area (Å²) in [6, 6.07) is 2.73. The number of hydrogen-bond acceptors (Lipinski definition) is 2. The summed E-state index contributed by atoms with van der Waals surface area (Å²) < 4.78 is 38.2. The lowest BCUT2D eigenvalue weighted by molar-refractivity contribution is -0.137. The topological polar surface area (TPSA) is 52.6 Å². The minimum Gasteiger partial charge on any atom is -0.396 e. The van der Waals surface area contributed by atoms with Crippen LogP contribution in [0.3, 0.4) is 0 Å². The van der Waals surface area contributed by atoms with Gasteiger partial charge in [0.2, 0.25) is 0 Å². The number of aliphatic hydroxyl groups excluding tert-OH is 1. The number of carbonyl (C=O) groups excluding carboxylic acids is 1. The van der Waals surface area contributed by atoms with Crippen molar-refractivity contribution >= 4 is 23.3 Å². The molecule has 0 saturated carbocycles. The lowest BCUT2D eigenvalue weighted by atomic mass is 10.1. The number of nitrogens with zero attached hydrogens (tertiary/aromatic N) is 1. The number of carbonyl (C=O) groups is 1. The first-order valence-electron chi connectivity index (χ1n) is 6.35. The molecule has 0 bridgehead atoms. The zero-order chi connectivity index (χ0) is 15.6. The van der Waals surface area contributed by atoms with Crippen molar-refractivity contribution in [2.75, 3.05) is 25.0 Å². The van der Waals surface area contributed by atoms with Crippen LogP contribution in [0.25, 0.3) is 0 Å². The smallest absolute Gasteiger partial charge is 0.396 e. The number of anilines is 1. The molecule has 1 atom stereocenters. The molecule has 1 saturated heterocycles.